The second-order valence-corrected chi connectivity index (χ2v) is 9.57. The standard InChI is InChI=1S/C27H27BrN6O4/c1-37-22-13-17(12-21(28)25(22)38-16-23(35)31-19-10-6-3-7-11-19)15-30-34-27-32-24(18-8-4-2-5-9-18)20(14-29)26(36)33-27/h2,4-5,8-9,12-13,15,19H,3,6-7,10-11,16H2,1H3,(H,31,35)(H2,32,33,34,36). The van der Waals surface area contributed by atoms with E-state index in [-0.39, 0.29) is 35.8 Å². The molecular formula is C27H27BrN6O4. The first-order valence-corrected chi connectivity index (χ1v) is 13.0. The lowest BCUT2D eigenvalue weighted by Gasteiger charge is -2.23. The van der Waals surface area contributed by atoms with Crippen LogP contribution in [0.3, 0.4) is 0 Å². The number of anilines is 1. The van der Waals surface area contributed by atoms with Gasteiger partial charge >= 0.3 is 0 Å². The monoisotopic (exact) mass is 578 g/mol. The van der Waals surface area contributed by atoms with Gasteiger partial charge in [0.05, 0.1) is 23.5 Å². The number of H-pyrrole nitrogens is 1. The zero-order valence-electron chi connectivity index (χ0n) is 20.8. The molecule has 4 rings (SSSR count). The maximum absolute atomic E-state index is 12.4. The quantitative estimate of drug-likeness (QED) is 0.253. The van der Waals surface area contributed by atoms with Gasteiger partial charge in [-0.15, -0.1) is 0 Å². The first-order valence-electron chi connectivity index (χ1n) is 12.2. The Morgan fingerprint density at radius 1 is 1.26 bits per heavy atom. The molecule has 2 aromatic carbocycles. The molecule has 1 fully saturated rings. The summed E-state index contributed by atoms with van der Waals surface area (Å²) < 4.78 is 11.8. The second kappa shape index (κ2) is 12.9. The van der Waals surface area contributed by atoms with Crippen LogP contribution in [0.5, 0.6) is 11.5 Å². The number of amides is 1. The van der Waals surface area contributed by atoms with Gasteiger partial charge in [0, 0.05) is 11.6 Å². The molecule has 11 heteroatoms. The van der Waals surface area contributed by atoms with E-state index in [0.29, 0.717) is 27.1 Å². The van der Waals surface area contributed by atoms with Crippen molar-refractivity contribution in [2.45, 2.75) is 38.1 Å². The van der Waals surface area contributed by atoms with Crippen molar-refractivity contribution in [3.05, 3.63) is 68.4 Å². The number of benzene rings is 2. The number of halogens is 1. The summed E-state index contributed by atoms with van der Waals surface area (Å²) in [5.74, 6) is 0.739. The summed E-state index contributed by atoms with van der Waals surface area (Å²) in [4.78, 5) is 31.6. The SMILES string of the molecule is COc1cc(C=NNc2nc(-c3ccccc3)c(C#N)c(=O)[nH]2)cc(Br)c1OCC(=O)NC1CCCCC1. The van der Waals surface area contributed by atoms with Gasteiger partial charge in [-0.1, -0.05) is 49.6 Å². The minimum absolute atomic E-state index is 0.0811. The number of carbonyl (C=O) groups is 1. The summed E-state index contributed by atoms with van der Waals surface area (Å²) in [5.41, 5.74) is 3.59. The zero-order valence-corrected chi connectivity index (χ0v) is 22.4. The lowest BCUT2D eigenvalue weighted by Crippen LogP contribution is -2.39. The van der Waals surface area contributed by atoms with Crippen molar-refractivity contribution in [3.63, 3.8) is 0 Å². The lowest BCUT2D eigenvalue weighted by atomic mass is 9.95. The van der Waals surface area contributed by atoms with Gasteiger partial charge < -0.3 is 14.8 Å². The van der Waals surface area contributed by atoms with Gasteiger partial charge in [0.1, 0.15) is 11.6 Å². The number of hydrogen-bond donors (Lipinski definition) is 3. The highest BCUT2D eigenvalue weighted by Crippen LogP contribution is 2.36. The number of nitrogens with zero attached hydrogens (tertiary/aromatic N) is 3. The Bertz CT molecular complexity index is 1410. The smallest absolute Gasteiger partial charge is 0.270 e. The minimum Gasteiger partial charge on any atom is -0.493 e. The van der Waals surface area contributed by atoms with Crippen molar-refractivity contribution in [1.82, 2.24) is 15.3 Å². The Morgan fingerprint density at radius 2 is 2.03 bits per heavy atom. The fourth-order valence-electron chi connectivity index (χ4n) is 4.21. The topological polar surface area (TPSA) is 141 Å². The zero-order chi connectivity index (χ0) is 26.9. The number of nitriles is 1. The van der Waals surface area contributed by atoms with Crippen LogP contribution >= 0.6 is 15.9 Å². The molecule has 3 aromatic rings. The van der Waals surface area contributed by atoms with Gasteiger partial charge in [0.15, 0.2) is 18.1 Å². The molecule has 1 heterocycles. The van der Waals surface area contributed by atoms with Crippen molar-refractivity contribution in [2.24, 2.45) is 5.10 Å². The average molecular weight is 579 g/mol. The number of ether oxygens (including phenoxy) is 2. The summed E-state index contributed by atoms with van der Waals surface area (Å²) in [7, 11) is 1.51. The van der Waals surface area contributed by atoms with Crippen molar-refractivity contribution in [1.29, 1.82) is 5.26 Å². The van der Waals surface area contributed by atoms with E-state index in [9.17, 15) is 14.9 Å². The Kier molecular flexibility index (Phi) is 9.11. The molecule has 0 atom stereocenters. The Morgan fingerprint density at radius 3 is 2.74 bits per heavy atom. The van der Waals surface area contributed by atoms with E-state index < -0.39 is 5.56 Å². The first-order chi connectivity index (χ1) is 18.5. The predicted molar refractivity (Wildman–Crippen MR) is 147 cm³/mol. The van der Waals surface area contributed by atoms with E-state index in [1.807, 2.05) is 12.1 Å². The van der Waals surface area contributed by atoms with Gasteiger partial charge in [0.25, 0.3) is 11.5 Å². The summed E-state index contributed by atoms with van der Waals surface area (Å²) >= 11 is 3.48. The number of rotatable bonds is 9. The maximum Gasteiger partial charge on any atom is 0.270 e. The molecule has 0 aliphatic heterocycles. The van der Waals surface area contributed by atoms with Crippen molar-refractivity contribution < 1.29 is 14.3 Å². The van der Waals surface area contributed by atoms with E-state index in [1.165, 1.54) is 19.7 Å². The highest BCUT2D eigenvalue weighted by molar-refractivity contribution is 9.10. The molecule has 10 nitrogen and oxygen atoms in total. The maximum atomic E-state index is 12.4. The molecule has 1 aromatic heterocycles. The molecule has 1 saturated carbocycles. The number of hydrazone groups is 1. The Hall–Kier alpha value is -4.17. The molecule has 0 saturated heterocycles. The molecule has 196 valence electrons. The van der Waals surface area contributed by atoms with Gasteiger partial charge in [-0.2, -0.15) is 10.4 Å². The van der Waals surface area contributed by atoms with E-state index in [0.717, 1.165) is 25.7 Å². The van der Waals surface area contributed by atoms with Gasteiger partial charge in [-0.25, -0.2) is 10.4 Å². The Labute approximate surface area is 228 Å². The number of aromatic amines is 1. The number of hydrogen-bond acceptors (Lipinski definition) is 8. The van der Waals surface area contributed by atoms with Crippen molar-refractivity contribution in [2.75, 3.05) is 19.1 Å². The van der Waals surface area contributed by atoms with Crippen LogP contribution in [0, 0.1) is 11.3 Å². The van der Waals surface area contributed by atoms with Crippen LogP contribution in [-0.2, 0) is 4.79 Å². The van der Waals surface area contributed by atoms with E-state index in [4.69, 9.17) is 9.47 Å². The molecule has 0 radical (unpaired) electrons. The fourth-order valence-corrected chi connectivity index (χ4v) is 4.79. The van der Waals surface area contributed by atoms with Gasteiger partial charge in [-0.05, 0) is 46.5 Å². The number of methoxy groups -OCH3 is 1. The van der Waals surface area contributed by atoms with Crippen LogP contribution in [0.4, 0.5) is 5.95 Å². The molecule has 1 aliphatic rings. The molecular weight excluding hydrogens is 552 g/mol. The molecule has 0 spiro atoms. The van der Waals surface area contributed by atoms with Crippen LogP contribution in [0.1, 0.15) is 43.2 Å². The normalized spacial score (nSPS) is 13.6. The third-order valence-corrected chi connectivity index (χ3v) is 6.62. The second-order valence-electron chi connectivity index (χ2n) is 8.71. The summed E-state index contributed by atoms with van der Waals surface area (Å²) in [5, 5.41) is 16.6. The average Bonchev–Trinajstić information content (AvgIpc) is 2.93. The highest BCUT2D eigenvalue weighted by atomic mass is 79.9. The summed E-state index contributed by atoms with van der Waals surface area (Å²) in [6.07, 6.45) is 6.99. The molecule has 3 N–H and O–H groups in total. The molecule has 0 bridgehead atoms. The van der Waals surface area contributed by atoms with Crippen LogP contribution < -0.4 is 25.8 Å². The Balaban J connectivity index is 1.45. The van der Waals surface area contributed by atoms with Gasteiger partial charge in [0.2, 0.25) is 5.95 Å². The lowest BCUT2D eigenvalue weighted by molar-refractivity contribution is -0.124. The molecule has 38 heavy (non-hydrogen) atoms. The van der Waals surface area contributed by atoms with Crippen molar-refractivity contribution in [3.8, 4) is 28.8 Å². The fraction of sp³-hybridized carbons (Fsp3) is 0.296. The number of carbonyl (C=O) groups excluding carboxylic acids is 1. The van der Waals surface area contributed by atoms with E-state index in [2.05, 4.69) is 41.7 Å². The molecule has 1 aliphatic carbocycles. The van der Waals surface area contributed by atoms with Crippen LogP contribution in [0.2, 0.25) is 0 Å². The van der Waals surface area contributed by atoms with Crippen LogP contribution in [-0.4, -0.2) is 41.8 Å². The predicted octanol–water partition coefficient (Wildman–Crippen LogP) is 4.35. The van der Waals surface area contributed by atoms with Crippen LogP contribution in [0.15, 0.2) is 56.8 Å². The van der Waals surface area contributed by atoms with Gasteiger partial charge in [-0.3, -0.25) is 14.6 Å². The van der Waals surface area contributed by atoms with E-state index >= 15 is 0 Å². The van der Waals surface area contributed by atoms with E-state index in [1.54, 1.807) is 36.4 Å². The third kappa shape index (κ3) is 6.77. The largest absolute Gasteiger partial charge is 0.493 e. The third-order valence-electron chi connectivity index (χ3n) is 6.03. The number of nitrogens with one attached hydrogen (secondary N) is 3. The molecule has 1 amide bonds. The number of aromatic nitrogens is 2. The van der Waals surface area contributed by atoms with Crippen LogP contribution in [0.25, 0.3) is 11.3 Å². The summed E-state index contributed by atoms with van der Waals surface area (Å²) in [6.45, 7) is -0.123. The van der Waals surface area contributed by atoms with Crippen molar-refractivity contribution >= 4 is 34.0 Å². The minimum atomic E-state index is -0.572. The molecule has 0 unspecified atom stereocenters. The highest BCUT2D eigenvalue weighted by Gasteiger charge is 2.18. The summed E-state index contributed by atoms with van der Waals surface area (Å²) in [6, 6.07) is 14.5. The first kappa shape index (κ1) is 26.9.